The molecule has 2 aromatic carbocycles. The highest BCUT2D eigenvalue weighted by Gasteiger charge is 2.39. The van der Waals surface area contributed by atoms with Crippen molar-refractivity contribution in [3.05, 3.63) is 53.6 Å². The molecule has 3 rings (SSSR count). The highest BCUT2D eigenvalue weighted by Crippen LogP contribution is 2.25. The lowest BCUT2D eigenvalue weighted by Crippen LogP contribution is -2.59. The summed E-state index contributed by atoms with van der Waals surface area (Å²) in [5.74, 6) is -0.643. The third-order valence-electron chi connectivity index (χ3n) is 4.67. The third kappa shape index (κ3) is 4.21. The minimum absolute atomic E-state index is 0.0824. The number of hydrogen-bond acceptors (Lipinski definition) is 5. The summed E-state index contributed by atoms with van der Waals surface area (Å²) in [6.45, 7) is 2.43. The van der Waals surface area contributed by atoms with Crippen LogP contribution in [-0.4, -0.2) is 61.1 Å². The summed E-state index contributed by atoms with van der Waals surface area (Å²) in [5.41, 5.74) is 1.78. The maximum Gasteiger partial charge on any atom is 0.265 e. The predicted molar refractivity (Wildman–Crippen MR) is 107 cm³/mol. The van der Waals surface area contributed by atoms with Crippen molar-refractivity contribution in [2.24, 2.45) is 0 Å². The van der Waals surface area contributed by atoms with Gasteiger partial charge < -0.3 is 5.32 Å². The van der Waals surface area contributed by atoms with Crippen LogP contribution in [0.25, 0.3) is 11.1 Å². The Balaban J connectivity index is 1.88. The van der Waals surface area contributed by atoms with E-state index in [1.807, 2.05) is 12.1 Å². The smallest absolute Gasteiger partial charge is 0.265 e. The molecular weight excluding hydrogens is 402 g/mol. The normalized spacial score (nSPS) is 18.0. The van der Waals surface area contributed by atoms with Gasteiger partial charge in [0.25, 0.3) is 5.91 Å². The van der Waals surface area contributed by atoms with Gasteiger partial charge >= 0.3 is 0 Å². The number of carbonyl (C=O) groups is 1. The number of nitrogens with zero attached hydrogens (tertiary/aromatic N) is 2. The van der Waals surface area contributed by atoms with Gasteiger partial charge in [-0.3, -0.25) is 10.0 Å². The first-order chi connectivity index (χ1) is 13.3. The molecule has 1 amide bonds. The van der Waals surface area contributed by atoms with Crippen LogP contribution in [0.15, 0.2) is 53.4 Å². The number of hydroxylamine groups is 2. The van der Waals surface area contributed by atoms with Gasteiger partial charge in [-0.1, -0.05) is 35.9 Å². The largest absolute Gasteiger partial charge is 0.313 e. The molecule has 1 atom stereocenters. The quantitative estimate of drug-likeness (QED) is 0.568. The number of amides is 1. The molecule has 0 unspecified atom stereocenters. The molecule has 0 spiro atoms. The molecule has 1 aliphatic heterocycles. The minimum atomic E-state index is -3.89. The van der Waals surface area contributed by atoms with Crippen LogP contribution in [0, 0.1) is 0 Å². The van der Waals surface area contributed by atoms with Crippen LogP contribution in [0.3, 0.4) is 0 Å². The van der Waals surface area contributed by atoms with E-state index in [-0.39, 0.29) is 24.5 Å². The van der Waals surface area contributed by atoms with Gasteiger partial charge in [0.15, 0.2) is 0 Å². The first-order valence-electron chi connectivity index (χ1n) is 8.93. The van der Waals surface area contributed by atoms with Crippen LogP contribution in [0.2, 0.25) is 5.02 Å². The van der Waals surface area contributed by atoms with E-state index in [4.69, 9.17) is 11.6 Å². The molecule has 0 bridgehead atoms. The van der Waals surface area contributed by atoms with Crippen LogP contribution in [0.5, 0.6) is 0 Å². The van der Waals surface area contributed by atoms with E-state index < -0.39 is 22.0 Å². The van der Waals surface area contributed by atoms with Crippen molar-refractivity contribution in [3.63, 3.8) is 0 Å². The molecule has 0 saturated carbocycles. The van der Waals surface area contributed by atoms with Gasteiger partial charge in [0.05, 0.1) is 4.90 Å². The number of halogens is 1. The Kier molecular flexibility index (Phi) is 6.36. The molecule has 1 fully saturated rings. The summed E-state index contributed by atoms with van der Waals surface area (Å²) >= 11 is 5.90. The highest BCUT2D eigenvalue weighted by atomic mass is 35.5. The van der Waals surface area contributed by atoms with Crippen LogP contribution >= 0.6 is 11.6 Å². The number of benzene rings is 2. The van der Waals surface area contributed by atoms with Crippen molar-refractivity contribution < 1.29 is 18.4 Å². The van der Waals surface area contributed by atoms with Gasteiger partial charge in [0, 0.05) is 31.2 Å². The number of sulfonamides is 1. The second-order valence-electron chi connectivity index (χ2n) is 6.42. The number of likely N-dealkylation sites (N-methyl/N-ethyl adjacent to an activating group) is 1. The molecule has 0 aliphatic carbocycles. The Bertz CT molecular complexity index is 933. The summed E-state index contributed by atoms with van der Waals surface area (Å²) in [6, 6.07) is 12.8. The second kappa shape index (κ2) is 8.59. The molecule has 1 aliphatic rings. The minimum Gasteiger partial charge on any atom is -0.313 e. The van der Waals surface area contributed by atoms with E-state index in [1.165, 1.54) is 12.1 Å². The molecule has 150 valence electrons. The molecule has 2 N–H and O–H groups in total. The van der Waals surface area contributed by atoms with Gasteiger partial charge in [-0.15, -0.1) is 0 Å². The topological polar surface area (TPSA) is 89.9 Å². The Morgan fingerprint density at radius 1 is 1.18 bits per heavy atom. The molecule has 1 heterocycles. The molecule has 1 saturated heterocycles. The van der Waals surface area contributed by atoms with E-state index in [1.54, 1.807) is 31.2 Å². The Hall–Kier alpha value is -1.97. The average Bonchev–Trinajstić information content (AvgIpc) is 2.73. The van der Waals surface area contributed by atoms with Crippen LogP contribution in [0.4, 0.5) is 0 Å². The fourth-order valence-electron chi connectivity index (χ4n) is 3.11. The first-order valence-corrected chi connectivity index (χ1v) is 10.7. The Morgan fingerprint density at radius 3 is 2.32 bits per heavy atom. The van der Waals surface area contributed by atoms with Crippen LogP contribution < -0.4 is 5.32 Å². The molecule has 28 heavy (non-hydrogen) atoms. The lowest BCUT2D eigenvalue weighted by atomic mass is 10.1. The maximum absolute atomic E-state index is 13.1. The van der Waals surface area contributed by atoms with E-state index >= 15 is 0 Å². The molecule has 2 aromatic rings. The molecule has 7 nitrogen and oxygen atoms in total. The second-order valence-corrected chi connectivity index (χ2v) is 8.75. The summed E-state index contributed by atoms with van der Waals surface area (Å²) in [5, 5.41) is 13.9. The Labute approximate surface area is 169 Å². The number of rotatable bonds is 5. The zero-order valence-corrected chi connectivity index (χ0v) is 16.9. The molecule has 0 radical (unpaired) electrons. The summed E-state index contributed by atoms with van der Waals surface area (Å²) in [6.07, 6.45) is 0. The fraction of sp³-hybridized carbons (Fsp3) is 0.316. The van der Waals surface area contributed by atoms with E-state index in [0.717, 1.165) is 15.4 Å². The number of nitrogens with one attached hydrogen (secondary N) is 1. The van der Waals surface area contributed by atoms with Crippen molar-refractivity contribution >= 4 is 27.5 Å². The molecule has 0 aromatic heterocycles. The van der Waals surface area contributed by atoms with Crippen molar-refractivity contribution in [1.82, 2.24) is 14.7 Å². The fourth-order valence-corrected chi connectivity index (χ4v) is 4.82. The lowest BCUT2D eigenvalue weighted by molar-refractivity contribution is -0.169. The van der Waals surface area contributed by atoms with Gasteiger partial charge in [-0.25, -0.2) is 13.5 Å². The Morgan fingerprint density at radius 2 is 1.75 bits per heavy atom. The number of carbonyl (C=O) groups excluding carboxylic acids is 1. The highest BCUT2D eigenvalue weighted by molar-refractivity contribution is 7.89. The molecular formula is C19H22ClN3O4S. The summed E-state index contributed by atoms with van der Waals surface area (Å²) < 4.78 is 27.4. The molecule has 9 heteroatoms. The zero-order valence-electron chi connectivity index (χ0n) is 15.4. The van der Waals surface area contributed by atoms with Crippen molar-refractivity contribution in [2.45, 2.75) is 17.9 Å². The third-order valence-corrected chi connectivity index (χ3v) is 6.85. The first kappa shape index (κ1) is 20.8. The van der Waals surface area contributed by atoms with Crippen molar-refractivity contribution in [2.75, 3.05) is 26.2 Å². The van der Waals surface area contributed by atoms with E-state index in [0.29, 0.717) is 16.6 Å². The van der Waals surface area contributed by atoms with E-state index in [9.17, 15) is 18.4 Å². The van der Waals surface area contributed by atoms with E-state index in [2.05, 4.69) is 5.32 Å². The van der Waals surface area contributed by atoms with Crippen molar-refractivity contribution in [3.8, 4) is 11.1 Å². The lowest BCUT2D eigenvalue weighted by Gasteiger charge is -2.35. The zero-order chi connectivity index (χ0) is 20.3. The number of piperazine rings is 1. The summed E-state index contributed by atoms with van der Waals surface area (Å²) in [7, 11) is -3.89. The monoisotopic (exact) mass is 423 g/mol. The van der Waals surface area contributed by atoms with Gasteiger partial charge in [0.2, 0.25) is 10.0 Å². The van der Waals surface area contributed by atoms with Crippen molar-refractivity contribution in [1.29, 1.82) is 0 Å². The van der Waals surface area contributed by atoms with Crippen LogP contribution in [0.1, 0.15) is 6.92 Å². The predicted octanol–water partition coefficient (Wildman–Crippen LogP) is 2.21. The van der Waals surface area contributed by atoms with Gasteiger partial charge in [0.1, 0.15) is 6.04 Å². The SMILES string of the molecule is CCN(O)C(=O)[C@H]1CNCCN1S(=O)(=O)c1ccc(-c2ccc(Cl)cc2)cc1. The van der Waals surface area contributed by atoms with Gasteiger partial charge in [-0.05, 0) is 42.3 Å². The van der Waals surface area contributed by atoms with Gasteiger partial charge in [-0.2, -0.15) is 4.31 Å². The average molecular weight is 424 g/mol. The standard InChI is InChI=1S/C19H22ClN3O4S/c1-2-22(25)19(24)18-13-21-11-12-23(18)28(26,27)17-9-5-15(6-10-17)14-3-7-16(20)8-4-14/h3-10,18,21,25H,2,11-13H2,1H3/t18-/m1/s1. The summed E-state index contributed by atoms with van der Waals surface area (Å²) in [4.78, 5) is 12.5. The van der Waals surface area contributed by atoms with Crippen LogP contribution in [-0.2, 0) is 14.8 Å². The maximum atomic E-state index is 13.1. The number of hydrogen-bond donors (Lipinski definition) is 2.